The standard InChI is InChI=1S/C11H14O/c1-3-5-10-6-4-7-11(8-10)9-12-2/h3-8H,9H2,1-2H3. The summed E-state index contributed by atoms with van der Waals surface area (Å²) in [4.78, 5) is 0. The van der Waals surface area contributed by atoms with Gasteiger partial charge < -0.3 is 4.74 Å². The molecule has 0 spiro atoms. The van der Waals surface area contributed by atoms with Gasteiger partial charge in [0.15, 0.2) is 0 Å². The van der Waals surface area contributed by atoms with Crippen LogP contribution in [0.1, 0.15) is 18.1 Å². The predicted octanol–water partition coefficient (Wildman–Crippen LogP) is 2.87. The molecule has 0 bridgehead atoms. The molecule has 0 atom stereocenters. The van der Waals surface area contributed by atoms with Crippen molar-refractivity contribution >= 4 is 6.08 Å². The second-order valence-corrected chi connectivity index (χ2v) is 2.68. The van der Waals surface area contributed by atoms with Gasteiger partial charge in [0.05, 0.1) is 6.61 Å². The molecule has 0 N–H and O–H groups in total. The largest absolute Gasteiger partial charge is 0.380 e. The van der Waals surface area contributed by atoms with E-state index in [1.165, 1.54) is 11.1 Å². The summed E-state index contributed by atoms with van der Waals surface area (Å²) in [5.41, 5.74) is 2.44. The van der Waals surface area contributed by atoms with Gasteiger partial charge in [-0.25, -0.2) is 0 Å². The van der Waals surface area contributed by atoms with Crippen molar-refractivity contribution in [1.82, 2.24) is 0 Å². The fraction of sp³-hybridized carbons (Fsp3) is 0.273. The lowest BCUT2D eigenvalue weighted by molar-refractivity contribution is 0.185. The van der Waals surface area contributed by atoms with E-state index in [-0.39, 0.29) is 0 Å². The molecule has 1 rings (SSSR count). The summed E-state index contributed by atoms with van der Waals surface area (Å²) < 4.78 is 5.04. The van der Waals surface area contributed by atoms with Crippen LogP contribution in [0, 0.1) is 0 Å². The molecule has 0 amide bonds. The minimum Gasteiger partial charge on any atom is -0.380 e. The van der Waals surface area contributed by atoms with Crippen LogP contribution in [0.5, 0.6) is 0 Å². The molecule has 64 valence electrons. The van der Waals surface area contributed by atoms with E-state index < -0.39 is 0 Å². The van der Waals surface area contributed by atoms with Crippen molar-refractivity contribution < 1.29 is 4.74 Å². The van der Waals surface area contributed by atoms with Gasteiger partial charge in [0.1, 0.15) is 0 Å². The van der Waals surface area contributed by atoms with Gasteiger partial charge >= 0.3 is 0 Å². The second-order valence-electron chi connectivity index (χ2n) is 2.68. The van der Waals surface area contributed by atoms with Crippen LogP contribution in [-0.4, -0.2) is 7.11 Å². The quantitative estimate of drug-likeness (QED) is 0.664. The van der Waals surface area contributed by atoms with Crippen LogP contribution >= 0.6 is 0 Å². The first-order valence-corrected chi connectivity index (χ1v) is 4.07. The molecule has 0 aliphatic heterocycles. The first kappa shape index (κ1) is 9.01. The molecule has 0 radical (unpaired) electrons. The summed E-state index contributed by atoms with van der Waals surface area (Å²) in [7, 11) is 1.71. The van der Waals surface area contributed by atoms with E-state index in [0.29, 0.717) is 6.61 Å². The van der Waals surface area contributed by atoms with Gasteiger partial charge in [-0.2, -0.15) is 0 Å². The summed E-state index contributed by atoms with van der Waals surface area (Å²) in [5.74, 6) is 0. The second kappa shape index (κ2) is 4.73. The normalized spacial score (nSPS) is 10.8. The molecule has 1 aromatic carbocycles. The fourth-order valence-corrected chi connectivity index (χ4v) is 1.15. The fourth-order valence-electron chi connectivity index (χ4n) is 1.15. The van der Waals surface area contributed by atoms with Crippen molar-refractivity contribution in [2.24, 2.45) is 0 Å². The number of ether oxygens (including phenoxy) is 1. The summed E-state index contributed by atoms with van der Waals surface area (Å²) in [5, 5.41) is 0. The number of benzene rings is 1. The summed E-state index contributed by atoms with van der Waals surface area (Å²) in [6.45, 7) is 2.70. The van der Waals surface area contributed by atoms with Crippen molar-refractivity contribution in [3.05, 3.63) is 41.5 Å². The minimum absolute atomic E-state index is 0.686. The van der Waals surface area contributed by atoms with Crippen molar-refractivity contribution in [2.75, 3.05) is 7.11 Å². The maximum Gasteiger partial charge on any atom is 0.0713 e. The van der Waals surface area contributed by atoms with Crippen LogP contribution in [-0.2, 0) is 11.3 Å². The molecule has 0 heterocycles. The highest BCUT2D eigenvalue weighted by Gasteiger charge is 1.91. The monoisotopic (exact) mass is 162 g/mol. The maximum absolute atomic E-state index is 5.04. The smallest absolute Gasteiger partial charge is 0.0713 e. The first-order valence-electron chi connectivity index (χ1n) is 4.07. The van der Waals surface area contributed by atoms with Crippen molar-refractivity contribution in [3.8, 4) is 0 Å². The molecule has 1 nitrogen and oxygen atoms in total. The van der Waals surface area contributed by atoms with E-state index in [0.717, 1.165) is 0 Å². The molecule has 0 unspecified atom stereocenters. The number of methoxy groups -OCH3 is 1. The van der Waals surface area contributed by atoms with Crippen molar-refractivity contribution in [1.29, 1.82) is 0 Å². The van der Waals surface area contributed by atoms with E-state index in [1.54, 1.807) is 7.11 Å². The van der Waals surface area contributed by atoms with Crippen molar-refractivity contribution in [2.45, 2.75) is 13.5 Å². The van der Waals surface area contributed by atoms with E-state index in [2.05, 4.69) is 24.3 Å². The predicted molar refractivity (Wildman–Crippen MR) is 51.9 cm³/mol. The Bertz CT molecular complexity index is 263. The topological polar surface area (TPSA) is 9.23 Å². The lowest BCUT2D eigenvalue weighted by Crippen LogP contribution is -1.86. The minimum atomic E-state index is 0.686. The lowest BCUT2D eigenvalue weighted by Gasteiger charge is -1.99. The number of hydrogen-bond acceptors (Lipinski definition) is 1. The van der Waals surface area contributed by atoms with Crippen LogP contribution < -0.4 is 0 Å². The van der Waals surface area contributed by atoms with Gasteiger partial charge in [-0.05, 0) is 24.1 Å². The van der Waals surface area contributed by atoms with Gasteiger partial charge in [-0.1, -0.05) is 30.4 Å². The Kier molecular flexibility index (Phi) is 3.55. The maximum atomic E-state index is 5.04. The molecular weight excluding hydrogens is 148 g/mol. The van der Waals surface area contributed by atoms with E-state index in [1.807, 2.05) is 19.1 Å². The molecule has 0 aromatic heterocycles. The molecule has 1 heteroatoms. The van der Waals surface area contributed by atoms with Gasteiger partial charge in [0.2, 0.25) is 0 Å². The zero-order valence-electron chi connectivity index (χ0n) is 7.58. The molecule has 1 aromatic rings. The Morgan fingerprint density at radius 3 is 2.92 bits per heavy atom. The third-order valence-electron chi connectivity index (χ3n) is 1.62. The van der Waals surface area contributed by atoms with Crippen molar-refractivity contribution in [3.63, 3.8) is 0 Å². The Balaban J connectivity index is 2.80. The third-order valence-corrected chi connectivity index (χ3v) is 1.62. The summed E-state index contributed by atoms with van der Waals surface area (Å²) in [6, 6.07) is 8.32. The number of allylic oxidation sites excluding steroid dienone is 1. The summed E-state index contributed by atoms with van der Waals surface area (Å²) in [6.07, 6.45) is 4.12. The van der Waals surface area contributed by atoms with Crippen LogP contribution in [0.4, 0.5) is 0 Å². The molecule has 0 saturated carbocycles. The molecule has 12 heavy (non-hydrogen) atoms. The SMILES string of the molecule is CC=Cc1cccc(COC)c1. The Labute approximate surface area is 73.7 Å². The van der Waals surface area contributed by atoms with Gasteiger partial charge in [-0.15, -0.1) is 0 Å². The average molecular weight is 162 g/mol. The highest BCUT2D eigenvalue weighted by atomic mass is 16.5. The zero-order chi connectivity index (χ0) is 8.81. The van der Waals surface area contributed by atoms with Crippen LogP contribution in [0.25, 0.3) is 6.08 Å². The Morgan fingerprint density at radius 1 is 1.42 bits per heavy atom. The number of hydrogen-bond donors (Lipinski definition) is 0. The van der Waals surface area contributed by atoms with E-state index in [4.69, 9.17) is 4.74 Å². The molecular formula is C11H14O. The van der Waals surface area contributed by atoms with Gasteiger partial charge in [-0.3, -0.25) is 0 Å². The molecule has 0 aliphatic carbocycles. The Morgan fingerprint density at radius 2 is 2.25 bits per heavy atom. The van der Waals surface area contributed by atoms with Crippen LogP contribution in [0.15, 0.2) is 30.3 Å². The van der Waals surface area contributed by atoms with Crippen LogP contribution in [0.2, 0.25) is 0 Å². The van der Waals surface area contributed by atoms with Crippen LogP contribution in [0.3, 0.4) is 0 Å². The number of rotatable bonds is 3. The summed E-state index contributed by atoms with van der Waals surface area (Å²) >= 11 is 0. The van der Waals surface area contributed by atoms with E-state index in [9.17, 15) is 0 Å². The zero-order valence-corrected chi connectivity index (χ0v) is 7.58. The first-order chi connectivity index (χ1) is 5.86. The Hall–Kier alpha value is -1.08. The molecule has 0 fully saturated rings. The lowest BCUT2D eigenvalue weighted by atomic mass is 10.1. The van der Waals surface area contributed by atoms with E-state index >= 15 is 0 Å². The van der Waals surface area contributed by atoms with Gasteiger partial charge in [0, 0.05) is 7.11 Å². The third kappa shape index (κ3) is 2.51. The highest BCUT2D eigenvalue weighted by molar-refractivity contribution is 5.49. The highest BCUT2D eigenvalue weighted by Crippen LogP contribution is 2.07. The molecule has 0 saturated heterocycles. The van der Waals surface area contributed by atoms with Gasteiger partial charge in [0.25, 0.3) is 0 Å². The average Bonchev–Trinajstić information content (AvgIpc) is 2.06. The molecule has 0 aliphatic rings.